The fourth-order valence-electron chi connectivity index (χ4n) is 2.37. The van der Waals surface area contributed by atoms with E-state index in [4.69, 9.17) is 5.73 Å². The zero-order valence-electron chi connectivity index (χ0n) is 11.7. The number of hydrogen-bond acceptors (Lipinski definition) is 2. The van der Waals surface area contributed by atoms with Gasteiger partial charge in [-0.1, -0.05) is 18.2 Å². The molecule has 0 fully saturated rings. The molecule has 2 nitrogen and oxygen atoms in total. The van der Waals surface area contributed by atoms with Crippen molar-refractivity contribution in [3.63, 3.8) is 0 Å². The number of alkyl halides is 2. The number of ether oxygens (including phenoxy) is 1. The second-order valence-corrected chi connectivity index (χ2v) is 4.91. The molecule has 0 saturated carbocycles. The lowest BCUT2D eigenvalue weighted by molar-refractivity contribution is -0.0498. The minimum Gasteiger partial charge on any atom is -0.435 e. The first-order valence-corrected chi connectivity index (χ1v) is 6.45. The van der Waals surface area contributed by atoms with Gasteiger partial charge in [-0.15, -0.1) is 0 Å². The minimum absolute atomic E-state index is 0.00289. The highest BCUT2D eigenvalue weighted by Crippen LogP contribution is 2.28. The van der Waals surface area contributed by atoms with Crippen LogP contribution in [0.5, 0.6) is 5.75 Å². The van der Waals surface area contributed by atoms with E-state index in [-0.39, 0.29) is 5.75 Å². The number of nitrogens with two attached hydrogens (primary N) is 1. The van der Waals surface area contributed by atoms with Crippen molar-refractivity contribution in [3.8, 4) is 5.75 Å². The van der Waals surface area contributed by atoms with Crippen LogP contribution < -0.4 is 10.5 Å². The van der Waals surface area contributed by atoms with Crippen molar-refractivity contribution in [2.45, 2.75) is 26.5 Å². The molecule has 1 unspecified atom stereocenters. The van der Waals surface area contributed by atoms with Gasteiger partial charge in [-0.05, 0) is 48.7 Å². The van der Waals surface area contributed by atoms with Gasteiger partial charge in [0.15, 0.2) is 0 Å². The maximum absolute atomic E-state index is 14.1. The van der Waals surface area contributed by atoms with Crippen LogP contribution in [-0.4, -0.2) is 6.61 Å². The lowest BCUT2D eigenvalue weighted by Gasteiger charge is -2.17. The molecule has 0 heterocycles. The van der Waals surface area contributed by atoms with Gasteiger partial charge in [0.05, 0.1) is 6.04 Å². The average molecular weight is 295 g/mol. The van der Waals surface area contributed by atoms with Crippen LogP contribution in [0.25, 0.3) is 0 Å². The molecule has 112 valence electrons. The SMILES string of the molecule is Cc1cc(C)c(C(N)c2cccc(OC(F)F)c2)c(F)c1. The lowest BCUT2D eigenvalue weighted by atomic mass is 9.94. The van der Waals surface area contributed by atoms with E-state index in [2.05, 4.69) is 4.74 Å². The third kappa shape index (κ3) is 3.55. The smallest absolute Gasteiger partial charge is 0.387 e. The fourth-order valence-corrected chi connectivity index (χ4v) is 2.37. The zero-order chi connectivity index (χ0) is 15.6. The molecular formula is C16H16F3NO. The minimum atomic E-state index is -2.91. The van der Waals surface area contributed by atoms with Crippen molar-refractivity contribution in [3.05, 3.63) is 64.5 Å². The summed E-state index contributed by atoms with van der Waals surface area (Å²) in [5.74, 6) is -0.400. The molecule has 0 amide bonds. The Morgan fingerprint density at radius 2 is 1.81 bits per heavy atom. The van der Waals surface area contributed by atoms with Crippen LogP contribution >= 0.6 is 0 Å². The van der Waals surface area contributed by atoms with Gasteiger partial charge in [0.2, 0.25) is 0 Å². The summed E-state index contributed by atoms with van der Waals surface area (Å²) in [5, 5.41) is 0. The molecule has 0 radical (unpaired) electrons. The van der Waals surface area contributed by atoms with Crippen LogP contribution in [-0.2, 0) is 0 Å². The molecule has 0 bridgehead atoms. The van der Waals surface area contributed by atoms with E-state index < -0.39 is 18.5 Å². The highest BCUT2D eigenvalue weighted by Gasteiger charge is 2.17. The van der Waals surface area contributed by atoms with Crippen LogP contribution in [0.1, 0.15) is 28.3 Å². The van der Waals surface area contributed by atoms with E-state index in [1.165, 1.54) is 18.2 Å². The summed E-state index contributed by atoms with van der Waals surface area (Å²) < 4.78 is 42.9. The van der Waals surface area contributed by atoms with E-state index in [1.807, 2.05) is 6.07 Å². The Balaban J connectivity index is 2.38. The molecule has 0 spiro atoms. The molecule has 5 heteroatoms. The van der Waals surface area contributed by atoms with Gasteiger partial charge in [0.25, 0.3) is 0 Å². The molecule has 0 aliphatic rings. The summed E-state index contributed by atoms with van der Waals surface area (Å²) in [6.07, 6.45) is 0. The molecule has 0 aromatic heterocycles. The van der Waals surface area contributed by atoms with E-state index >= 15 is 0 Å². The van der Waals surface area contributed by atoms with E-state index in [0.29, 0.717) is 11.1 Å². The van der Waals surface area contributed by atoms with Crippen LogP contribution in [0.3, 0.4) is 0 Å². The Kier molecular flexibility index (Phi) is 4.53. The molecule has 21 heavy (non-hydrogen) atoms. The highest BCUT2D eigenvalue weighted by molar-refractivity contribution is 5.41. The molecule has 0 aliphatic heterocycles. The second-order valence-electron chi connectivity index (χ2n) is 4.91. The summed E-state index contributed by atoms with van der Waals surface area (Å²) in [5.41, 5.74) is 8.48. The summed E-state index contributed by atoms with van der Waals surface area (Å²) in [4.78, 5) is 0. The van der Waals surface area contributed by atoms with Crippen molar-refractivity contribution in [2.24, 2.45) is 5.73 Å². The van der Waals surface area contributed by atoms with Crippen LogP contribution in [0.4, 0.5) is 13.2 Å². The number of rotatable bonds is 4. The predicted octanol–water partition coefficient (Wildman–Crippen LogP) is 4.09. The van der Waals surface area contributed by atoms with Gasteiger partial charge in [-0.2, -0.15) is 8.78 Å². The second kappa shape index (κ2) is 6.18. The standard InChI is InChI=1S/C16H16F3NO/c1-9-6-10(2)14(13(17)7-9)15(20)11-4-3-5-12(8-11)21-16(18)19/h3-8,15-16H,20H2,1-2H3. The largest absolute Gasteiger partial charge is 0.435 e. The van der Waals surface area contributed by atoms with Crippen molar-refractivity contribution in [2.75, 3.05) is 0 Å². The molecule has 0 aliphatic carbocycles. The Morgan fingerprint density at radius 3 is 2.43 bits per heavy atom. The van der Waals surface area contributed by atoms with Crippen molar-refractivity contribution < 1.29 is 17.9 Å². The molecule has 0 saturated heterocycles. The maximum atomic E-state index is 14.1. The molecule has 2 aromatic carbocycles. The number of benzene rings is 2. The van der Waals surface area contributed by atoms with Gasteiger partial charge in [-0.25, -0.2) is 4.39 Å². The van der Waals surface area contributed by atoms with Crippen LogP contribution in [0.15, 0.2) is 36.4 Å². The Hall–Kier alpha value is -2.01. The Morgan fingerprint density at radius 1 is 1.10 bits per heavy atom. The number of hydrogen-bond donors (Lipinski definition) is 1. The van der Waals surface area contributed by atoms with Crippen molar-refractivity contribution in [1.29, 1.82) is 0 Å². The van der Waals surface area contributed by atoms with Crippen LogP contribution in [0.2, 0.25) is 0 Å². The molecular weight excluding hydrogens is 279 g/mol. The monoisotopic (exact) mass is 295 g/mol. The van der Waals surface area contributed by atoms with Gasteiger partial charge < -0.3 is 10.5 Å². The zero-order valence-corrected chi connectivity index (χ0v) is 11.7. The summed E-state index contributed by atoms with van der Waals surface area (Å²) >= 11 is 0. The first-order valence-electron chi connectivity index (χ1n) is 6.45. The van der Waals surface area contributed by atoms with Gasteiger partial charge in [0, 0.05) is 5.56 Å². The summed E-state index contributed by atoms with van der Waals surface area (Å²) in [6.45, 7) is 0.655. The topological polar surface area (TPSA) is 35.2 Å². The number of aryl methyl sites for hydroxylation is 2. The normalized spacial score (nSPS) is 12.5. The van der Waals surface area contributed by atoms with E-state index in [0.717, 1.165) is 11.1 Å². The summed E-state index contributed by atoms with van der Waals surface area (Å²) in [7, 11) is 0. The van der Waals surface area contributed by atoms with Gasteiger partial charge in [0.1, 0.15) is 11.6 Å². The molecule has 1 atom stereocenters. The molecule has 2 N–H and O–H groups in total. The lowest BCUT2D eigenvalue weighted by Crippen LogP contribution is -2.16. The first-order chi connectivity index (χ1) is 9.88. The average Bonchev–Trinajstić information content (AvgIpc) is 2.36. The van der Waals surface area contributed by atoms with Gasteiger partial charge >= 0.3 is 6.61 Å². The quantitative estimate of drug-likeness (QED) is 0.922. The van der Waals surface area contributed by atoms with Crippen molar-refractivity contribution >= 4 is 0 Å². The Labute approximate surface area is 121 Å². The third-order valence-corrected chi connectivity index (χ3v) is 3.23. The first kappa shape index (κ1) is 15.4. The highest BCUT2D eigenvalue weighted by atomic mass is 19.3. The molecule has 2 aromatic rings. The van der Waals surface area contributed by atoms with Crippen LogP contribution in [0, 0.1) is 19.7 Å². The maximum Gasteiger partial charge on any atom is 0.387 e. The molecule has 2 rings (SSSR count). The predicted molar refractivity (Wildman–Crippen MR) is 75.0 cm³/mol. The fraction of sp³-hybridized carbons (Fsp3) is 0.250. The summed E-state index contributed by atoms with van der Waals surface area (Å²) in [6, 6.07) is 8.50. The van der Waals surface area contributed by atoms with Crippen molar-refractivity contribution in [1.82, 2.24) is 0 Å². The van der Waals surface area contributed by atoms with E-state index in [1.54, 1.807) is 26.0 Å². The number of halogens is 3. The van der Waals surface area contributed by atoms with Gasteiger partial charge in [-0.3, -0.25) is 0 Å². The third-order valence-electron chi connectivity index (χ3n) is 3.23. The van der Waals surface area contributed by atoms with E-state index in [9.17, 15) is 13.2 Å². The Bertz CT molecular complexity index is 620.